The fraction of sp³-hybridized carbons (Fsp3) is 0.750. The summed E-state index contributed by atoms with van der Waals surface area (Å²) in [5.74, 6) is 1.13. The van der Waals surface area contributed by atoms with Crippen LogP contribution in [0.3, 0.4) is 0 Å². The Bertz CT molecular complexity index is 352. The van der Waals surface area contributed by atoms with E-state index in [0.717, 1.165) is 31.9 Å². The van der Waals surface area contributed by atoms with Gasteiger partial charge in [0.05, 0.1) is 12.2 Å². The van der Waals surface area contributed by atoms with Crippen LogP contribution in [0.25, 0.3) is 0 Å². The summed E-state index contributed by atoms with van der Waals surface area (Å²) in [5.41, 5.74) is 5.67. The molecular formula is C12H22N4O. The smallest absolute Gasteiger partial charge is 0.109 e. The van der Waals surface area contributed by atoms with Gasteiger partial charge in [0.2, 0.25) is 0 Å². The molecule has 2 heterocycles. The lowest BCUT2D eigenvalue weighted by Crippen LogP contribution is -2.49. The Balaban J connectivity index is 1.84. The van der Waals surface area contributed by atoms with Gasteiger partial charge in [0.25, 0.3) is 0 Å². The number of morpholine rings is 1. The summed E-state index contributed by atoms with van der Waals surface area (Å²) in [5, 5.41) is 0. The van der Waals surface area contributed by atoms with Gasteiger partial charge in [-0.2, -0.15) is 0 Å². The van der Waals surface area contributed by atoms with Gasteiger partial charge in [-0.15, -0.1) is 0 Å². The Morgan fingerprint density at radius 2 is 2.35 bits per heavy atom. The van der Waals surface area contributed by atoms with Crippen molar-refractivity contribution >= 4 is 0 Å². The van der Waals surface area contributed by atoms with Gasteiger partial charge in [0, 0.05) is 52.0 Å². The molecule has 1 aromatic heterocycles. The molecule has 0 aliphatic carbocycles. The number of rotatable bonds is 4. The lowest BCUT2D eigenvalue weighted by molar-refractivity contribution is -0.0717. The fourth-order valence-corrected chi connectivity index (χ4v) is 2.35. The first-order chi connectivity index (χ1) is 8.19. The van der Waals surface area contributed by atoms with Crippen LogP contribution in [-0.4, -0.2) is 52.8 Å². The lowest BCUT2D eigenvalue weighted by atomic mass is 10.2. The third kappa shape index (κ3) is 3.28. The first kappa shape index (κ1) is 12.5. The monoisotopic (exact) mass is 238 g/mol. The maximum absolute atomic E-state index is 5.74. The van der Waals surface area contributed by atoms with Crippen LogP contribution < -0.4 is 5.73 Å². The summed E-state index contributed by atoms with van der Waals surface area (Å²) in [6.07, 6.45) is 5.27. The molecule has 5 heteroatoms. The number of nitrogens with zero attached hydrogens (tertiary/aromatic N) is 3. The van der Waals surface area contributed by atoms with Gasteiger partial charge in [0.1, 0.15) is 5.82 Å². The Morgan fingerprint density at radius 1 is 1.53 bits per heavy atom. The predicted octanol–water partition coefficient (Wildman–Crippen LogP) is 0.0106. The zero-order chi connectivity index (χ0) is 12.3. The SMILES string of the molecule is CC1CN(CCc2nccn2C)CC(CN)O1. The zero-order valence-electron chi connectivity index (χ0n) is 10.7. The molecule has 0 aromatic carbocycles. The summed E-state index contributed by atoms with van der Waals surface area (Å²) in [4.78, 5) is 6.76. The van der Waals surface area contributed by atoms with Crippen LogP contribution >= 0.6 is 0 Å². The molecule has 17 heavy (non-hydrogen) atoms. The molecule has 5 nitrogen and oxygen atoms in total. The van der Waals surface area contributed by atoms with Crippen LogP contribution in [0.4, 0.5) is 0 Å². The minimum absolute atomic E-state index is 0.181. The molecule has 0 amide bonds. The van der Waals surface area contributed by atoms with E-state index in [0.29, 0.717) is 6.54 Å². The summed E-state index contributed by atoms with van der Waals surface area (Å²) < 4.78 is 7.81. The van der Waals surface area contributed by atoms with E-state index in [9.17, 15) is 0 Å². The second-order valence-corrected chi connectivity index (χ2v) is 4.77. The molecule has 1 aromatic rings. The summed E-state index contributed by atoms with van der Waals surface area (Å²) >= 11 is 0. The summed E-state index contributed by atoms with van der Waals surface area (Å²) in [6.45, 7) is 5.65. The van der Waals surface area contributed by atoms with Gasteiger partial charge in [-0.1, -0.05) is 0 Å². The predicted molar refractivity (Wildman–Crippen MR) is 66.7 cm³/mol. The zero-order valence-corrected chi connectivity index (χ0v) is 10.7. The second-order valence-electron chi connectivity index (χ2n) is 4.77. The molecule has 1 aliphatic rings. The van der Waals surface area contributed by atoms with E-state index in [-0.39, 0.29) is 12.2 Å². The minimum Gasteiger partial charge on any atom is -0.371 e. The van der Waals surface area contributed by atoms with Crippen molar-refractivity contribution in [1.29, 1.82) is 0 Å². The van der Waals surface area contributed by atoms with Crippen molar-refractivity contribution in [2.75, 3.05) is 26.2 Å². The van der Waals surface area contributed by atoms with E-state index in [1.54, 1.807) is 0 Å². The van der Waals surface area contributed by atoms with Crippen LogP contribution in [0.5, 0.6) is 0 Å². The largest absolute Gasteiger partial charge is 0.371 e. The standard InChI is InChI=1S/C12H22N4O/c1-10-8-16(9-11(7-13)17-10)5-3-12-14-4-6-15(12)2/h4,6,10-11H,3,5,7-9,13H2,1-2H3. The first-order valence-corrected chi connectivity index (χ1v) is 6.23. The molecular weight excluding hydrogens is 216 g/mol. The van der Waals surface area contributed by atoms with E-state index in [4.69, 9.17) is 10.5 Å². The highest BCUT2D eigenvalue weighted by atomic mass is 16.5. The molecule has 1 fully saturated rings. The van der Waals surface area contributed by atoms with Crippen LogP contribution in [0, 0.1) is 0 Å². The lowest BCUT2D eigenvalue weighted by Gasteiger charge is -2.36. The molecule has 0 radical (unpaired) electrons. The highest BCUT2D eigenvalue weighted by molar-refractivity contribution is 4.92. The Hall–Kier alpha value is -0.910. The fourth-order valence-electron chi connectivity index (χ4n) is 2.35. The topological polar surface area (TPSA) is 56.3 Å². The highest BCUT2D eigenvalue weighted by Crippen LogP contribution is 2.10. The van der Waals surface area contributed by atoms with Crippen molar-refractivity contribution in [2.45, 2.75) is 25.6 Å². The van der Waals surface area contributed by atoms with E-state index < -0.39 is 0 Å². The molecule has 2 unspecified atom stereocenters. The molecule has 96 valence electrons. The minimum atomic E-state index is 0.181. The van der Waals surface area contributed by atoms with Crippen LogP contribution in [0.2, 0.25) is 0 Å². The maximum atomic E-state index is 5.74. The number of aromatic nitrogens is 2. The van der Waals surface area contributed by atoms with Crippen molar-refractivity contribution in [3.63, 3.8) is 0 Å². The summed E-state index contributed by atoms with van der Waals surface area (Å²) in [6, 6.07) is 0. The van der Waals surface area contributed by atoms with Crippen molar-refractivity contribution in [3.05, 3.63) is 18.2 Å². The molecule has 1 saturated heterocycles. The Morgan fingerprint density at radius 3 is 3.00 bits per heavy atom. The second kappa shape index (κ2) is 5.62. The van der Waals surface area contributed by atoms with E-state index >= 15 is 0 Å². The van der Waals surface area contributed by atoms with Gasteiger partial charge in [-0.05, 0) is 6.92 Å². The first-order valence-electron chi connectivity index (χ1n) is 6.23. The van der Waals surface area contributed by atoms with Crippen molar-refractivity contribution in [1.82, 2.24) is 14.5 Å². The van der Waals surface area contributed by atoms with Gasteiger partial charge < -0.3 is 15.0 Å². The van der Waals surface area contributed by atoms with Crippen LogP contribution in [0.15, 0.2) is 12.4 Å². The Labute approximate surface area is 103 Å². The van der Waals surface area contributed by atoms with Gasteiger partial charge in [0.15, 0.2) is 0 Å². The molecule has 1 aliphatic heterocycles. The number of aryl methyl sites for hydroxylation is 1. The average Bonchev–Trinajstić information content (AvgIpc) is 2.71. The van der Waals surface area contributed by atoms with Crippen molar-refractivity contribution < 1.29 is 4.74 Å². The van der Waals surface area contributed by atoms with Crippen LogP contribution in [-0.2, 0) is 18.2 Å². The molecule has 0 bridgehead atoms. The van der Waals surface area contributed by atoms with Gasteiger partial charge >= 0.3 is 0 Å². The van der Waals surface area contributed by atoms with E-state index in [1.807, 2.05) is 19.4 Å². The summed E-state index contributed by atoms with van der Waals surface area (Å²) in [7, 11) is 2.03. The molecule has 2 N–H and O–H groups in total. The highest BCUT2D eigenvalue weighted by Gasteiger charge is 2.23. The number of ether oxygens (including phenoxy) is 1. The molecule has 2 rings (SSSR count). The van der Waals surface area contributed by atoms with E-state index in [2.05, 4.69) is 21.4 Å². The Kier molecular flexibility index (Phi) is 4.15. The normalized spacial score (nSPS) is 26.3. The van der Waals surface area contributed by atoms with Crippen LogP contribution in [0.1, 0.15) is 12.7 Å². The number of imidazole rings is 1. The number of hydrogen-bond donors (Lipinski definition) is 1. The molecule has 0 saturated carbocycles. The maximum Gasteiger partial charge on any atom is 0.109 e. The van der Waals surface area contributed by atoms with Crippen molar-refractivity contribution in [2.24, 2.45) is 12.8 Å². The quantitative estimate of drug-likeness (QED) is 0.803. The van der Waals surface area contributed by atoms with Crippen molar-refractivity contribution in [3.8, 4) is 0 Å². The molecule has 0 spiro atoms. The average molecular weight is 238 g/mol. The van der Waals surface area contributed by atoms with Gasteiger partial charge in [-0.25, -0.2) is 4.98 Å². The van der Waals surface area contributed by atoms with E-state index in [1.165, 1.54) is 0 Å². The molecule has 2 atom stereocenters. The third-order valence-electron chi connectivity index (χ3n) is 3.24. The number of hydrogen-bond acceptors (Lipinski definition) is 4. The number of nitrogens with two attached hydrogens (primary N) is 1. The van der Waals surface area contributed by atoms with Gasteiger partial charge in [-0.3, -0.25) is 4.90 Å². The third-order valence-corrected chi connectivity index (χ3v) is 3.24.